The summed E-state index contributed by atoms with van der Waals surface area (Å²) in [6.45, 7) is 2.15. The molecule has 5 atom stereocenters. The Morgan fingerprint density at radius 1 is 1.00 bits per heavy atom. The molecule has 0 bridgehead atoms. The zero-order valence-corrected chi connectivity index (χ0v) is 20.1. The Hall–Kier alpha value is -1.94. The van der Waals surface area contributed by atoms with Gasteiger partial charge in [-0.05, 0) is 103 Å². The van der Waals surface area contributed by atoms with Gasteiger partial charge in [-0.15, -0.1) is 0 Å². The Labute approximate surface area is 195 Å². The molecular weight excluding hydrogens is 462 g/mol. The van der Waals surface area contributed by atoms with E-state index in [1.165, 1.54) is 29.3 Å². The molecule has 0 heterocycles. The molecule has 2 aromatic rings. The zero-order valence-electron chi connectivity index (χ0n) is 18.5. The lowest BCUT2D eigenvalue weighted by molar-refractivity contribution is -0.00804. The minimum atomic E-state index is -4.15. The number of aryl methyl sites for hydroxylation is 1. The Morgan fingerprint density at radius 3 is 2.52 bits per heavy atom. The number of rotatable bonds is 4. The molecule has 0 aromatic heterocycles. The van der Waals surface area contributed by atoms with Crippen molar-refractivity contribution < 1.29 is 26.1 Å². The second-order valence-corrected chi connectivity index (χ2v) is 13.1. The number of nitrogens with two attached hydrogens (primary N) is 1. The normalized spacial score (nSPS) is 31.5. The van der Waals surface area contributed by atoms with Crippen LogP contribution in [0.2, 0.25) is 0 Å². The highest BCUT2D eigenvalue weighted by molar-refractivity contribution is 7.89. The van der Waals surface area contributed by atoms with Crippen molar-refractivity contribution in [2.24, 2.45) is 22.4 Å². The van der Waals surface area contributed by atoms with E-state index in [-0.39, 0.29) is 15.2 Å². The van der Waals surface area contributed by atoms with E-state index in [1.54, 1.807) is 6.07 Å². The number of aromatic hydroxyl groups is 1. The average molecular weight is 492 g/mol. The van der Waals surface area contributed by atoms with E-state index >= 15 is 0 Å². The monoisotopic (exact) mass is 491 g/mol. The largest absolute Gasteiger partial charge is 0.508 e. The highest BCUT2D eigenvalue weighted by atomic mass is 32.2. The number of hydrogen-bond donors (Lipinski definition) is 2. The molecule has 0 aliphatic heterocycles. The topological polar surface area (TPSA) is 124 Å². The average Bonchev–Trinajstić information content (AvgIpc) is 3.08. The van der Waals surface area contributed by atoms with Crippen LogP contribution in [0.15, 0.2) is 52.3 Å². The van der Waals surface area contributed by atoms with E-state index in [9.17, 15) is 21.9 Å². The van der Waals surface area contributed by atoms with Crippen LogP contribution in [0.5, 0.6) is 5.75 Å². The van der Waals surface area contributed by atoms with E-state index < -0.39 is 26.2 Å². The Bertz CT molecular complexity index is 1310. The third-order valence-electron chi connectivity index (χ3n) is 8.29. The predicted octanol–water partition coefficient (Wildman–Crippen LogP) is 3.67. The van der Waals surface area contributed by atoms with E-state index in [4.69, 9.17) is 9.32 Å². The van der Waals surface area contributed by atoms with Crippen molar-refractivity contribution in [3.8, 4) is 5.75 Å². The molecule has 178 valence electrons. The number of primary sulfonamides is 1. The summed E-state index contributed by atoms with van der Waals surface area (Å²) >= 11 is 0. The predicted molar refractivity (Wildman–Crippen MR) is 123 cm³/mol. The molecule has 2 aromatic carbocycles. The first-order chi connectivity index (χ1) is 15.5. The summed E-state index contributed by atoms with van der Waals surface area (Å²) in [4.78, 5) is -0.448. The smallest absolute Gasteiger partial charge is 0.297 e. The molecule has 0 saturated heterocycles. The maximum atomic E-state index is 13.1. The van der Waals surface area contributed by atoms with Gasteiger partial charge in [0.2, 0.25) is 10.0 Å². The number of hydrogen-bond acceptors (Lipinski definition) is 6. The van der Waals surface area contributed by atoms with Crippen LogP contribution in [0.4, 0.5) is 0 Å². The SMILES string of the molecule is C[C@]12CC[C@@H]3c4ccc(O)cc4CC[C@H]3[C@@H]1CC[C@@H]2OS(=O)(=O)c1cccc(S(N)(=O)=O)c1. The summed E-state index contributed by atoms with van der Waals surface area (Å²) in [6, 6.07) is 10.7. The van der Waals surface area contributed by atoms with Crippen LogP contribution in [-0.2, 0) is 30.7 Å². The molecule has 0 radical (unpaired) electrons. The van der Waals surface area contributed by atoms with Gasteiger partial charge in [0.25, 0.3) is 10.1 Å². The standard InChI is InChI=1S/C24H29NO6S2/c1-24-12-11-20-19-8-6-16(26)13-15(19)5-7-21(20)22(24)9-10-23(24)31-33(29,30)18-4-2-3-17(14-18)32(25,27)28/h2-4,6,8,13-14,20-23,26H,5,7,9-12H2,1H3,(H2,25,27,28)/t20-,21-,22+,23+,24+/m1/s1. The third kappa shape index (κ3) is 3.88. The number of sulfonamides is 1. The first-order valence-corrected chi connectivity index (χ1v) is 14.3. The maximum absolute atomic E-state index is 13.1. The second-order valence-electron chi connectivity index (χ2n) is 9.98. The molecule has 2 fully saturated rings. The lowest BCUT2D eigenvalue weighted by Crippen LogP contribution is -2.45. The number of benzene rings is 2. The van der Waals surface area contributed by atoms with Crippen molar-refractivity contribution in [2.45, 2.75) is 67.3 Å². The zero-order chi connectivity index (χ0) is 23.6. The van der Waals surface area contributed by atoms with E-state index in [0.717, 1.165) is 38.2 Å². The Balaban J connectivity index is 1.40. The van der Waals surface area contributed by atoms with Gasteiger partial charge in [-0.3, -0.25) is 4.18 Å². The van der Waals surface area contributed by atoms with Crippen molar-refractivity contribution >= 4 is 20.1 Å². The molecule has 0 unspecified atom stereocenters. The first-order valence-electron chi connectivity index (χ1n) is 11.4. The number of phenols is 1. The van der Waals surface area contributed by atoms with Crippen molar-refractivity contribution in [1.29, 1.82) is 0 Å². The minimum Gasteiger partial charge on any atom is -0.508 e. The van der Waals surface area contributed by atoms with Crippen molar-refractivity contribution in [1.82, 2.24) is 0 Å². The lowest BCUT2D eigenvalue weighted by Gasteiger charge is -2.50. The molecule has 0 amide bonds. The van der Waals surface area contributed by atoms with Crippen molar-refractivity contribution in [3.63, 3.8) is 0 Å². The van der Waals surface area contributed by atoms with Crippen LogP contribution < -0.4 is 5.14 Å². The van der Waals surface area contributed by atoms with Gasteiger partial charge in [-0.1, -0.05) is 19.1 Å². The summed E-state index contributed by atoms with van der Waals surface area (Å²) in [5, 5.41) is 15.0. The highest BCUT2D eigenvalue weighted by Gasteiger charge is 2.56. The van der Waals surface area contributed by atoms with Gasteiger partial charge in [0, 0.05) is 0 Å². The first kappa shape index (κ1) is 22.8. The summed E-state index contributed by atoms with van der Waals surface area (Å²) in [5.41, 5.74) is 2.28. The second kappa shape index (κ2) is 7.80. The van der Waals surface area contributed by atoms with E-state index in [0.29, 0.717) is 29.9 Å². The fourth-order valence-corrected chi connectivity index (χ4v) is 8.58. The van der Waals surface area contributed by atoms with Crippen LogP contribution in [0.1, 0.15) is 56.1 Å². The van der Waals surface area contributed by atoms with Gasteiger partial charge < -0.3 is 5.11 Å². The summed E-state index contributed by atoms with van der Waals surface area (Å²) in [6.07, 6.45) is 4.86. The van der Waals surface area contributed by atoms with Gasteiger partial charge >= 0.3 is 0 Å². The van der Waals surface area contributed by atoms with Gasteiger partial charge in [0.1, 0.15) is 5.75 Å². The lowest BCUT2D eigenvalue weighted by atomic mass is 9.55. The van der Waals surface area contributed by atoms with Crippen LogP contribution in [-0.4, -0.2) is 28.0 Å². The summed E-state index contributed by atoms with van der Waals surface area (Å²) in [5.74, 6) is 1.55. The molecule has 33 heavy (non-hydrogen) atoms. The number of fused-ring (bicyclic) bond motifs is 5. The molecule has 0 spiro atoms. The third-order valence-corrected chi connectivity index (χ3v) is 10.5. The van der Waals surface area contributed by atoms with Gasteiger partial charge in [-0.25, -0.2) is 13.6 Å². The fraction of sp³-hybridized carbons (Fsp3) is 0.500. The van der Waals surface area contributed by atoms with E-state index in [1.807, 2.05) is 6.07 Å². The Morgan fingerprint density at radius 2 is 1.76 bits per heavy atom. The fourth-order valence-electron chi connectivity index (χ4n) is 6.69. The van der Waals surface area contributed by atoms with Crippen LogP contribution in [0, 0.1) is 17.3 Å². The van der Waals surface area contributed by atoms with Crippen LogP contribution in [0.25, 0.3) is 0 Å². The summed E-state index contributed by atoms with van der Waals surface area (Å²) in [7, 11) is -8.17. The van der Waals surface area contributed by atoms with Gasteiger partial charge in [0.05, 0.1) is 15.9 Å². The molecule has 9 heteroatoms. The molecule has 2 saturated carbocycles. The van der Waals surface area contributed by atoms with Crippen LogP contribution in [0.3, 0.4) is 0 Å². The summed E-state index contributed by atoms with van der Waals surface area (Å²) < 4.78 is 55.3. The molecular formula is C24H29NO6S2. The molecule has 7 nitrogen and oxygen atoms in total. The number of phenolic OH excluding ortho intramolecular Hbond substituents is 1. The van der Waals surface area contributed by atoms with Crippen molar-refractivity contribution in [2.75, 3.05) is 0 Å². The maximum Gasteiger partial charge on any atom is 0.297 e. The molecule has 3 aliphatic carbocycles. The minimum absolute atomic E-state index is 0.193. The van der Waals surface area contributed by atoms with Gasteiger partial charge in [-0.2, -0.15) is 8.42 Å². The van der Waals surface area contributed by atoms with Crippen LogP contribution >= 0.6 is 0 Å². The van der Waals surface area contributed by atoms with Crippen molar-refractivity contribution in [3.05, 3.63) is 53.6 Å². The quantitative estimate of drug-likeness (QED) is 0.629. The molecule has 3 N–H and O–H groups in total. The van der Waals surface area contributed by atoms with Gasteiger partial charge in [0.15, 0.2) is 0 Å². The molecule has 3 aliphatic rings. The Kier molecular flexibility index (Phi) is 5.39. The van der Waals surface area contributed by atoms with E-state index in [2.05, 4.69) is 13.0 Å². The highest BCUT2D eigenvalue weighted by Crippen LogP contribution is 2.61. The molecule has 5 rings (SSSR count).